The Morgan fingerprint density at radius 3 is 2.62 bits per heavy atom. The van der Waals surface area contributed by atoms with E-state index in [1.54, 1.807) is 25.3 Å². The summed E-state index contributed by atoms with van der Waals surface area (Å²) in [5, 5.41) is 0.579. The van der Waals surface area contributed by atoms with Crippen molar-refractivity contribution in [3.8, 4) is 5.75 Å². The highest BCUT2D eigenvalue weighted by atomic mass is 35.5. The van der Waals surface area contributed by atoms with Gasteiger partial charge in [0.15, 0.2) is 0 Å². The summed E-state index contributed by atoms with van der Waals surface area (Å²) in [5.41, 5.74) is 0.818. The summed E-state index contributed by atoms with van der Waals surface area (Å²) in [5.74, 6) is 0.668. The van der Waals surface area contributed by atoms with Crippen LogP contribution in [0.5, 0.6) is 5.75 Å². The minimum absolute atomic E-state index is 0.0789. The molecule has 0 heterocycles. The Labute approximate surface area is 100 Å². The minimum Gasteiger partial charge on any atom is -0.496 e. The maximum Gasteiger partial charge on any atom is 0.264 e. The third-order valence-corrected chi connectivity index (χ3v) is 2.74. The number of methoxy groups -OCH3 is 1. The Bertz CT molecular complexity index is 456. The van der Waals surface area contributed by atoms with Gasteiger partial charge in [-0.2, -0.15) is 8.42 Å². The zero-order valence-electron chi connectivity index (χ0n) is 9.07. The van der Waals surface area contributed by atoms with E-state index in [1.165, 1.54) is 0 Å². The highest BCUT2D eigenvalue weighted by Gasteiger charge is 2.06. The number of rotatable bonds is 5. The third kappa shape index (κ3) is 4.38. The average molecular weight is 265 g/mol. The maximum absolute atomic E-state index is 10.8. The van der Waals surface area contributed by atoms with Crippen molar-refractivity contribution in [3.05, 3.63) is 28.8 Å². The number of halogens is 1. The number of ether oxygens (including phenoxy) is 1. The predicted molar refractivity (Wildman–Crippen MR) is 62.5 cm³/mol. The molecule has 0 aromatic heterocycles. The summed E-state index contributed by atoms with van der Waals surface area (Å²) < 4.78 is 31.3. The molecular formula is C10H13ClO4S. The smallest absolute Gasteiger partial charge is 0.264 e. The number of hydrogen-bond donors (Lipinski definition) is 0. The van der Waals surface area contributed by atoms with Gasteiger partial charge in [0.05, 0.1) is 20.0 Å². The Kier molecular flexibility index (Phi) is 4.58. The molecule has 0 radical (unpaired) electrons. The van der Waals surface area contributed by atoms with Gasteiger partial charge in [0.1, 0.15) is 5.75 Å². The van der Waals surface area contributed by atoms with Crippen molar-refractivity contribution in [2.45, 2.75) is 6.42 Å². The fourth-order valence-electron chi connectivity index (χ4n) is 1.25. The standard InChI is InChI=1S/C10H13ClO4S/c1-14-10-4-3-9(11)7-8(10)5-6-15-16(2,12)13/h3-4,7H,5-6H2,1-2H3. The molecule has 4 nitrogen and oxygen atoms in total. The van der Waals surface area contributed by atoms with E-state index in [0.717, 1.165) is 11.8 Å². The third-order valence-electron chi connectivity index (χ3n) is 1.91. The lowest BCUT2D eigenvalue weighted by Gasteiger charge is -2.08. The zero-order chi connectivity index (χ0) is 12.2. The highest BCUT2D eigenvalue weighted by Crippen LogP contribution is 2.23. The highest BCUT2D eigenvalue weighted by molar-refractivity contribution is 7.85. The molecule has 0 N–H and O–H groups in total. The van der Waals surface area contributed by atoms with E-state index >= 15 is 0 Å². The maximum atomic E-state index is 10.8. The van der Waals surface area contributed by atoms with Gasteiger partial charge in [-0.1, -0.05) is 11.6 Å². The quantitative estimate of drug-likeness (QED) is 0.762. The molecule has 0 fully saturated rings. The molecule has 1 rings (SSSR count). The second-order valence-corrected chi connectivity index (χ2v) is 5.31. The molecule has 1 aromatic carbocycles. The molecule has 0 unspecified atom stereocenters. The van der Waals surface area contributed by atoms with Gasteiger partial charge in [-0.15, -0.1) is 0 Å². The molecule has 0 bridgehead atoms. The van der Waals surface area contributed by atoms with Gasteiger partial charge in [0.2, 0.25) is 0 Å². The monoisotopic (exact) mass is 264 g/mol. The molecule has 6 heteroatoms. The lowest BCUT2D eigenvalue weighted by atomic mass is 10.1. The van der Waals surface area contributed by atoms with Crippen molar-refractivity contribution in [1.82, 2.24) is 0 Å². The van der Waals surface area contributed by atoms with Gasteiger partial charge in [0, 0.05) is 11.4 Å². The minimum atomic E-state index is -3.40. The van der Waals surface area contributed by atoms with Crippen LogP contribution in [0, 0.1) is 0 Å². The summed E-state index contributed by atoms with van der Waals surface area (Å²) in [6.45, 7) is 0.0789. The first-order valence-corrected chi connectivity index (χ1v) is 6.78. The van der Waals surface area contributed by atoms with E-state index in [-0.39, 0.29) is 6.61 Å². The molecule has 1 aromatic rings. The van der Waals surface area contributed by atoms with Crippen molar-refractivity contribution < 1.29 is 17.3 Å². The molecule has 0 aliphatic rings. The predicted octanol–water partition coefficient (Wildman–Crippen LogP) is 1.87. The Morgan fingerprint density at radius 2 is 2.06 bits per heavy atom. The van der Waals surface area contributed by atoms with E-state index in [9.17, 15) is 8.42 Å². The average Bonchev–Trinajstić information content (AvgIpc) is 2.16. The Morgan fingerprint density at radius 1 is 1.38 bits per heavy atom. The van der Waals surface area contributed by atoms with Gasteiger partial charge in [-0.3, -0.25) is 4.18 Å². The number of benzene rings is 1. The first-order valence-electron chi connectivity index (χ1n) is 4.59. The van der Waals surface area contributed by atoms with E-state index in [1.807, 2.05) is 0 Å². The largest absolute Gasteiger partial charge is 0.496 e. The van der Waals surface area contributed by atoms with Gasteiger partial charge >= 0.3 is 0 Å². The number of hydrogen-bond acceptors (Lipinski definition) is 4. The van der Waals surface area contributed by atoms with Crippen molar-refractivity contribution >= 4 is 21.7 Å². The summed E-state index contributed by atoms with van der Waals surface area (Å²) in [6, 6.07) is 5.17. The van der Waals surface area contributed by atoms with Crippen LogP contribution in [-0.4, -0.2) is 28.4 Å². The van der Waals surface area contributed by atoms with Crippen LogP contribution in [0.15, 0.2) is 18.2 Å². The van der Waals surface area contributed by atoms with Crippen LogP contribution in [-0.2, 0) is 20.7 Å². The first kappa shape index (κ1) is 13.3. The Hall–Kier alpha value is -0.780. The molecule has 0 aliphatic carbocycles. The second-order valence-electron chi connectivity index (χ2n) is 3.23. The lowest BCUT2D eigenvalue weighted by molar-refractivity contribution is 0.322. The second kappa shape index (κ2) is 5.52. The molecule has 0 saturated heterocycles. The molecule has 90 valence electrons. The topological polar surface area (TPSA) is 52.6 Å². The Balaban J connectivity index is 2.69. The molecule has 0 saturated carbocycles. The van der Waals surface area contributed by atoms with Crippen LogP contribution in [0.4, 0.5) is 0 Å². The van der Waals surface area contributed by atoms with Gasteiger partial charge in [0.25, 0.3) is 10.1 Å². The van der Waals surface area contributed by atoms with E-state index in [4.69, 9.17) is 16.3 Å². The lowest BCUT2D eigenvalue weighted by Crippen LogP contribution is -2.06. The van der Waals surface area contributed by atoms with E-state index in [2.05, 4.69) is 4.18 Å². The van der Waals surface area contributed by atoms with Crippen molar-refractivity contribution in [2.24, 2.45) is 0 Å². The van der Waals surface area contributed by atoms with E-state index < -0.39 is 10.1 Å². The first-order chi connectivity index (χ1) is 7.42. The van der Waals surface area contributed by atoms with Gasteiger partial charge in [-0.25, -0.2) is 0 Å². The molecule has 0 aliphatic heterocycles. The molecular weight excluding hydrogens is 252 g/mol. The van der Waals surface area contributed by atoms with Gasteiger partial charge in [-0.05, 0) is 23.8 Å². The van der Waals surface area contributed by atoms with Crippen LogP contribution in [0.25, 0.3) is 0 Å². The van der Waals surface area contributed by atoms with Crippen LogP contribution in [0.3, 0.4) is 0 Å². The SMILES string of the molecule is COc1ccc(Cl)cc1CCOS(C)(=O)=O. The molecule has 0 spiro atoms. The van der Waals surface area contributed by atoms with Crippen LogP contribution < -0.4 is 4.74 Å². The van der Waals surface area contributed by atoms with Crippen LogP contribution >= 0.6 is 11.6 Å². The fourth-order valence-corrected chi connectivity index (χ4v) is 1.83. The normalized spacial score (nSPS) is 11.4. The molecule has 0 atom stereocenters. The summed E-state index contributed by atoms with van der Waals surface area (Å²) >= 11 is 5.83. The van der Waals surface area contributed by atoms with Gasteiger partial charge < -0.3 is 4.74 Å². The molecule has 0 amide bonds. The summed E-state index contributed by atoms with van der Waals surface area (Å²) in [4.78, 5) is 0. The summed E-state index contributed by atoms with van der Waals surface area (Å²) in [7, 11) is -1.85. The molecule has 16 heavy (non-hydrogen) atoms. The summed E-state index contributed by atoms with van der Waals surface area (Å²) in [6.07, 6.45) is 1.44. The fraction of sp³-hybridized carbons (Fsp3) is 0.400. The van der Waals surface area contributed by atoms with Crippen LogP contribution in [0.2, 0.25) is 5.02 Å². The van der Waals surface area contributed by atoms with E-state index in [0.29, 0.717) is 17.2 Å². The van der Waals surface area contributed by atoms with Crippen molar-refractivity contribution in [3.63, 3.8) is 0 Å². The van der Waals surface area contributed by atoms with Crippen molar-refractivity contribution in [1.29, 1.82) is 0 Å². The zero-order valence-corrected chi connectivity index (χ0v) is 10.6. The van der Waals surface area contributed by atoms with Crippen LogP contribution in [0.1, 0.15) is 5.56 Å². The van der Waals surface area contributed by atoms with Crippen molar-refractivity contribution in [2.75, 3.05) is 20.0 Å².